The van der Waals surface area contributed by atoms with Crippen LogP contribution in [0.3, 0.4) is 0 Å². The molecule has 0 amide bonds. The predicted molar refractivity (Wildman–Crippen MR) is 83.1 cm³/mol. The highest BCUT2D eigenvalue weighted by Crippen LogP contribution is 2.43. The first kappa shape index (κ1) is 14.3. The lowest BCUT2D eigenvalue weighted by atomic mass is 9.80. The molecular weight excluding hydrogens is 316 g/mol. The van der Waals surface area contributed by atoms with E-state index in [1.54, 1.807) is 0 Å². The van der Waals surface area contributed by atoms with Crippen molar-refractivity contribution in [3.05, 3.63) is 33.8 Å². The van der Waals surface area contributed by atoms with Crippen LogP contribution in [0, 0.1) is 12.8 Å². The van der Waals surface area contributed by atoms with Crippen LogP contribution in [0.4, 0.5) is 0 Å². The number of aryl methyl sites for hydroxylation is 1. The van der Waals surface area contributed by atoms with Gasteiger partial charge in [-0.25, -0.2) is 0 Å². The number of rotatable bonds is 2. The summed E-state index contributed by atoms with van der Waals surface area (Å²) in [6, 6.07) is 5.94. The highest BCUT2D eigenvalue weighted by atomic mass is 79.9. The fourth-order valence-electron chi connectivity index (χ4n) is 3.68. The lowest BCUT2D eigenvalue weighted by Crippen LogP contribution is -2.39. The Morgan fingerprint density at radius 3 is 2.85 bits per heavy atom. The van der Waals surface area contributed by atoms with Crippen LogP contribution in [-0.2, 0) is 4.74 Å². The fraction of sp³-hybridized carbons (Fsp3) is 0.588. The Hall–Kier alpha value is -0.670. The summed E-state index contributed by atoms with van der Waals surface area (Å²) in [5.74, 6) is 0.412. The zero-order valence-corrected chi connectivity index (χ0v) is 13.5. The van der Waals surface area contributed by atoms with E-state index in [0.29, 0.717) is 0 Å². The maximum absolute atomic E-state index is 12.8. The molecule has 1 heterocycles. The van der Waals surface area contributed by atoms with Gasteiger partial charge in [-0.05, 0) is 54.1 Å². The van der Waals surface area contributed by atoms with Gasteiger partial charge in [0.25, 0.3) is 0 Å². The van der Waals surface area contributed by atoms with Gasteiger partial charge in [-0.15, -0.1) is 0 Å². The van der Waals surface area contributed by atoms with Crippen molar-refractivity contribution in [2.75, 3.05) is 6.61 Å². The molecule has 1 spiro atoms. The second-order valence-corrected chi connectivity index (χ2v) is 7.02. The number of ether oxygens (including phenoxy) is 1. The third kappa shape index (κ3) is 2.58. The largest absolute Gasteiger partial charge is 0.375 e. The van der Waals surface area contributed by atoms with Gasteiger partial charge < -0.3 is 4.74 Å². The molecule has 3 rings (SSSR count). The average molecular weight is 337 g/mol. The first-order chi connectivity index (χ1) is 9.61. The number of hydrogen-bond acceptors (Lipinski definition) is 2. The molecule has 108 valence electrons. The minimum Gasteiger partial charge on any atom is -0.375 e. The molecule has 2 nitrogen and oxygen atoms in total. The highest BCUT2D eigenvalue weighted by molar-refractivity contribution is 9.10. The van der Waals surface area contributed by atoms with Crippen LogP contribution in [0.2, 0.25) is 0 Å². The molecule has 1 unspecified atom stereocenters. The number of halogens is 1. The summed E-state index contributed by atoms with van der Waals surface area (Å²) < 4.78 is 6.99. The van der Waals surface area contributed by atoms with Crippen molar-refractivity contribution in [3.63, 3.8) is 0 Å². The van der Waals surface area contributed by atoms with Crippen LogP contribution in [-0.4, -0.2) is 18.0 Å². The number of carbonyl (C=O) groups is 1. The summed E-state index contributed by atoms with van der Waals surface area (Å²) in [6.07, 6.45) is 6.52. The van der Waals surface area contributed by atoms with Gasteiger partial charge in [0.15, 0.2) is 5.78 Å². The van der Waals surface area contributed by atoms with E-state index in [2.05, 4.69) is 15.9 Å². The Morgan fingerprint density at radius 1 is 1.35 bits per heavy atom. The number of hydrogen-bond donors (Lipinski definition) is 0. The monoisotopic (exact) mass is 336 g/mol. The first-order valence-electron chi connectivity index (χ1n) is 7.55. The van der Waals surface area contributed by atoms with Crippen molar-refractivity contribution in [2.45, 2.75) is 51.0 Å². The second kappa shape index (κ2) is 5.61. The van der Waals surface area contributed by atoms with Crippen LogP contribution in [0.25, 0.3) is 0 Å². The van der Waals surface area contributed by atoms with Gasteiger partial charge in [-0.2, -0.15) is 0 Å². The lowest BCUT2D eigenvalue weighted by molar-refractivity contribution is -0.0866. The first-order valence-corrected chi connectivity index (χ1v) is 8.34. The quantitative estimate of drug-likeness (QED) is 0.733. The molecule has 2 fully saturated rings. The Morgan fingerprint density at radius 2 is 2.10 bits per heavy atom. The van der Waals surface area contributed by atoms with E-state index in [1.807, 2.05) is 25.1 Å². The zero-order chi connectivity index (χ0) is 14.2. The lowest BCUT2D eigenvalue weighted by Gasteiger charge is -2.37. The van der Waals surface area contributed by atoms with Crippen molar-refractivity contribution in [3.8, 4) is 0 Å². The second-order valence-electron chi connectivity index (χ2n) is 6.23. The van der Waals surface area contributed by atoms with Gasteiger partial charge in [-0.1, -0.05) is 31.0 Å². The summed E-state index contributed by atoms with van der Waals surface area (Å²) in [4.78, 5) is 12.8. The van der Waals surface area contributed by atoms with Crippen molar-refractivity contribution >= 4 is 21.7 Å². The van der Waals surface area contributed by atoms with Gasteiger partial charge in [0, 0.05) is 22.6 Å². The number of Topliss-reactive ketones (excluding diaryl/α,β-unsaturated/α-hetero) is 1. The molecule has 1 saturated carbocycles. The van der Waals surface area contributed by atoms with E-state index in [-0.39, 0.29) is 17.3 Å². The van der Waals surface area contributed by atoms with Crippen LogP contribution in [0.1, 0.15) is 54.4 Å². The number of benzene rings is 1. The minimum atomic E-state index is 0.00881. The smallest absolute Gasteiger partial charge is 0.167 e. The molecule has 2 aliphatic rings. The highest BCUT2D eigenvalue weighted by Gasteiger charge is 2.42. The topological polar surface area (TPSA) is 26.3 Å². The van der Waals surface area contributed by atoms with Gasteiger partial charge in [0.05, 0.1) is 5.60 Å². The maximum atomic E-state index is 12.8. The normalized spacial score (nSPS) is 25.0. The van der Waals surface area contributed by atoms with Crippen molar-refractivity contribution in [2.24, 2.45) is 5.92 Å². The standard InChI is InChI=1S/C17H21BrO2/c1-12-5-4-6-14(15(12)18)16(19)13-7-10-20-17(11-13)8-2-3-9-17/h4-6,13H,2-3,7-11H2,1H3. The van der Waals surface area contributed by atoms with Crippen molar-refractivity contribution < 1.29 is 9.53 Å². The molecule has 3 heteroatoms. The van der Waals surface area contributed by atoms with Gasteiger partial charge in [0.2, 0.25) is 0 Å². The molecular formula is C17H21BrO2. The molecule has 0 radical (unpaired) electrons. The van der Waals surface area contributed by atoms with E-state index >= 15 is 0 Å². The van der Waals surface area contributed by atoms with E-state index in [0.717, 1.165) is 47.9 Å². The van der Waals surface area contributed by atoms with Gasteiger partial charge in [-0.3, -0.25) is 4.79 Å². The number of carbonyl (C=O) groups excluding carboxylic acids is 1. The third-order valence-electron chi connectivity index (χ3n) is 4.84. The molecule has 1 aromatic carbocycles. The Labute approximate surface area is 129 Å². The summed E-state index contributed by atoms with van der Waals surface area (Å²) >= 11 is 3.57. The van der Waals surface area contributed by atoms with E-state index in [4.69, 9.17) is 4.74 Å². The fourth-order valence-corrected chi connectivity index (χ4v) is 4.14. The summed E-state index contributed by atoms with van der Waals surface area (Å²) in [7, 11) is 0. The Balaban J connectivity index is 1.81. The molecule has 1 aromatic rings. The Kier molecular flexibility index (Phi) is 4.00. The van der Waals surface area contributed by atoms with E-state index in [1.165, 1.54) is 12.8 Å². The summed E-state index contributed by atoms with van der Waals surface area (Å²) in [6.45, 7) is 2.77. The van der Waals surface area contributed by atoms with E-state index < -0.39 is 0 Å². The van der Waals surface area contributed by atoms with Gasteiger partial charge in [0.1, 0.15) is 0 Å². The zero-order valence-electron chi connectivity index (χ0n) is 12.0. The van der Waals surface area contributed by atoms with Crippen LogP contribution < -0.4 is 0 Å². The van der Waals surface area contributed by atoms with Crippen LogP contribution in [0.15, 0.2) is 22.7 Å². The van der Waals surface area contributed by atoms with Crippen molar-refractivity contribution in [1.82, 2.24) is 0 Å². The number of ketones is 1. The maximum Gasteiger partial charge on any atom is 0.167 e. The summed E-state index contributed by atoms with van der Waals surface area (Å²) in [5.41, 5.74) is 1.97. The minimum absolute atomic E-state index is 0.00881. The molecule has 0 bridgehead atoms. The van der Waals surface area contributed by atoms with Gasteiger partial charge >= 0.3 is 0 Å². The predicted octanol–water partition coefficient (Wildman–Crippen LogP) is 4.68. The molecule has 20 heavy (non-hydrogen) atoms. The molecule has 1 atom stereocenters. The molecule has 1 aliphatic heterocycles. The Bertz CT molecular complexity index is 518. The third-order valence-corrected chi connectivity index (χ3v) is 5.89. The SMILES string of the molecule is Cc1cccc(C(=O)C2CCOC3(CCCC3)C2)c1Br. The average Bonchev–Trinajstić information content (AvgIpc) is 2.89. The molecule has 0 N–H and O–H groups in total. The molecule has 1 saturated heterocycles. The van der Waals surface area contributed by atoms with E-state index in [9.17, 15) is 4.79 Å². The molecule has 1 aliphatic carbocycles. The van der Waals surface area contributed by atoms with Crippen molar-refractivity contribution in [1.29, 1.82) is 0 Å². The summed E-state index contributed by atoms with van der Waals surface area (Å²) in [5, 5.41) is 0. The molecule has 0 aromatic heterocycles. The van der Waals surface area contributed by atoms with Crippen LogP contribution in [0.5, 0.6) is 0 Å². The van der Waals surface area contributed by atoms with Crippen LogP contribution >= 0.6 is 15.9 Å².